The molecule has 0 aromatic carbocycles. The fraction of sp³-hybridized carbons (Fsp3) is 0.250. The highest BCUT2D eigenvalue weighted by Gasteiger charge is 2.56. The Morgan fingerprint density at radius 3 is 2.59 bits per heavy atom. The molecule has 0 aromatic heterocycles. The predicted octanol–water partition coefficient (Wildman–Crippen LogP) is 0.745. The lowest BCUT2D eigenvalue weighted by atomic mass is 10.2. The van der Waals surface area contributed by atoms with Gasteiger partial charge in [-0.1, -0.05) is 12.7 Å². The van der Waals surface area contributed by atoms with Gasteiger partial charge in [-0.25, -0.2) is 14.4 Å². The van der Waals surface area contributed by atoms with E-state index in [2.05, 4.69) is 6.58 Å². The lowest BCUT2D eigenvalue weighted by molar-refractivity contribution is -0.720. The van der Waals surface area contributed by atoms with Crippen LogP contribution in [0, 0.1) is 0 Å². The topological polar surface area (TPSA) is 71.4 Å². The number of carbonyl (C=O) groups excluding carboxylic acids is 2. The highest BCUT2D eigenvalue weighted by atomic mass is 16.4. The van der Waals surface area contributed by atoms with Crippen LogP contribution in [-0.2, 0) is 14.4 Å². The van der Waals surface area contributed by atoms with Gasteiger partial charge in [0.25, 0.3) is 0 Å². The molecular formula is C12H12NO4+. The highest BCUT2D eigenvalue weighted by Crippen LogP contribution is 2.34. The van der Waals surface area contributed by atoms with Crippen LogP contribution in [0.4, 0.5) is 0 Å². The zero-order valence-corrected chi connectivity index (χ0v) is 9.18. The number of rotatable bonds is 3. The van der Waals surface area contributed by atoms with Crippen molar-refractivity contribution < 1.29 is 24.0 Å². The van der Waals surface area contributed by atoms with Crippen LogP contribution in [0.5, 0.6) is 0 Å². The van der Waals surface area contributed by atoms with Gasteiger partial charge in [0, 0.05) is 0 Å². The Morgan fingerprint density at radius 1 is 1.47 bits per heavy atom. The maximum absolute atomic E-state index is 12.1. The monoisotopic (exact) mass is 234 g/mol. The third kappa shape index (κ3) is 1.55. The number of carboxylic acids is 1. The lowest BCUT2D eigenvalue weighted by Crippen LogP contribution is -2.53. The van der Waals surface area contributed by atoms with Gasteiger partial charge in [-0.3, -0.25) is 0 Å². The van der Waals surface area contributed by atoms with Crippen LogP contribution in [0.15, 0.2) is 36.1 Å². The minimum Gasteiger partial charge on any atom is -0.477 e. The minimum atomic E-state index is -1.18. The smallest absolute Gasteiger partial charge is 0.360 e. The van der Waals surface area contributed by atoms with Gasteiger partial charge in [-0.15, -0.1) is 0 Å². The molecule has 0 radical (unpaired) electrons. The second kappa shape index (κ2) is 3.78. The van der Waals surface area contributed by atoms with E-state index in [0.29, 0.717) is 12.1 Å². The van der Waals surface area contributed by atoms with Gasteiger partial charge in [0.1, 0.15) is 5.70 Å². The zero-order chi connectivity index (χ0) is 12.6. The van der Waals surface area contributed by atoms with E-state index in [0.717, 1.165) is 0 Å². The fourth-order valence-electron chi connectivity index (χ4n) is 2.22. The Kier molecular flexibility index (Phi) is 2.55. The first-order valence-corrected chi connectivity index (χ1v) is 5.21. The van der Waals surface area contributed by atoms with E-state index < -0.39 is 28.8 Å². The van der Waals surface area contributed by atoms with Gasteiger partial charge in [-0.2, -0.15) is 4.48 Å². The van der Waals surface area contributed by atoms with Crippen molar-refractivity contribution in [3.63, 3.8) is 0 Å². The number of likely N-dealkylation sites (tertiary alicyclic amines) is 1. The number of nitrogens with zero attached hydrogens (tertiary/aromatic N) is 1. The Bertz CT molecular complexity index is 501. The van der Waals surface area contributed by atoms with Gasteiger partial charge in [0.15, 0.2) is 6.54 Å². The number of hydrogen-bond acceptors (Lipinski definition) is 3. The molecule has 1 heterocycles. The third-order valence-corrected chi connectivity index (χ3v) is 3.00. The fourth-order valence-corrected chi connectivity index (χ4v) is 2.22. The first kappa shape index (κ1) is 11.5. The number of imide groups is 1. The van der Waals surface area contributed by atoms with Gasteiger partial charge in [0.2, 0.25) is 0 Å². The summed E-state index contributed by atoms with van der Waals surface area (Å²) in [4.78, 5) is 35.0. The standard InChI is InChI=1S/C12H11NO4/c1-8-6-10(14)13(12(8)17,7-11(15)16)9-4-2-3-5-9/h2,4-5H,1,3,6-7H2/p+1. The average Bonchev–Trinajstić information content (AvgIpc) is 2.82. The molecule has 1 atom stereocenters. The summed E-state index contributed by atoms with van der Waals surface area (Å²) >= 11 is 0. The van der Waals surface area contributed by atoms with E-state index in [1.165, 1.54) is 0 Å². The Hall–Kier alpha value is -2.01. The number of allylic oxidation sites excluding steroid dienone is 3. The number of carbonyl (C=O) groups is 3. The zero-order valence-electron chi connectivity index (χ0n) is 9.18. The molecule has 0 spiro atoms. The van der Waals surface area contributed by atoms with E-state index in [1.807, 2.05) is 0 Å². The molecule has 2 amide bonds. The number of carboxylic acid groups (broad SMARTS) is 1. The summed E-state index contributed by atoms with van der Waals surface area (Å²) in [5.41, 5.74) is 0.624. The molecule has 2 rings (SSSR count). The van der Waals surface area contributed by atoms with Gasteiger partial charge >= 0.3 is 17.8 Å². The second-order valence-corrected chi connectivity index (χ2v) is 4.11. The van der Waals surface area contributed by atoms with Crippen molar-refractivity contribution in [2.24, 2.45) is 0 Å². The maximum Gasteiger partial charge on any atom is 0.360 e. The van der Waals surface area contributed by atoms with Crippen molar-refractivity contribution in [3.05, 3.63) is 36.1 Å². The van der Waals surface area contributed by atoms with Crippen molar-refractivity contribution in [2.45, 2.75) is 12.8 Å². The third-order valence-electron chi connectivity index (χ3n) is 3.00. The van der Waals surface area contributed by atoms with Crippen LogP contribution in [-0.4, -0.2) is 33.9 Å². The number of quaternary nitrogens is 1. The number of aliphatic carboxylic acids is 1. The molecule has 0 aromatic rings. The largest absolute Gasteiger partial charge is 0.477 e. The lowest BCUT2D eigenvalue weighted by Gasteiger charge is -2.26. The van der Waals surface area contributed by atoms with E-state index in [4.69, 9.17) is 5.11 Å². The minimum absolute atomic E-state index is 0.0721. The Morgan fingerprint density at radius 2 is 2.18 bits per heavy atom. The van der Waals surface area contributed by atoms with E-state index >= 15 is 0 Å². The van der Waals surface area contributed by atoms with Gasteiger partial charge < -0.3 is 5.11 Å². The first-order valence-electron chi connectivity index (χ1n) is 5.21. The molecule has 0 bridgehead atoms. The number of hydrogen-bond donors (Lipinski definition) is 1. The molecule has 5 nitrogen and oxygen atoms in total. The summed E-state index contributed by atoms with van der Waals surface area (Å²) in [7, 11) is 0. The molecule has 1 unspecified atom stereocenters. The molecule has 1 saturated heterocycles. The first-order chi connectivity index (χ1) is 7.98. The van der Waals surface area contributed by atoms with Crippen LogP contribution in [0.3, 0.4) is 0 Å². The van der Waals surface area contributed by atoms with Crippen LogP contribution in [0.2, 0.25) is 0 Å². The van der Waals surface area contributed by atoms with E-state index in [1.54, 1.807) is 18.2 Å². The molecule has 1 aliphatic carbocycles. The molecule has 2 aliphatic rings. The van der Waals surface area contributed by atoms with Crippen molar-refractivity contribution in [3.8, 4) is 0 Å². The number of amides is 2. The predicted molar refractivity (Wildman–Crippen MR) is 58.4 cm³/mol. The summed E-state index contributed by atoms with van der Waals surface area (Å²) in [6.45, 7) is 2.98. The Balaban J connectivity index is 2.54. The van der Waals surface area contributed by atoms with Gasteiger partial charge in [0.05, 0.1) is 12.0 Å². The summed E-state index contributed by atoms with van der Waals surface area (Å²) in [6, 6.07) is 0. The molecule has 1 fully saturated rings. The van der Waals surface area contributed by atoms with Crippen molar-refractivity contribution >= 4 is 17.8 Å². The van der Waals surface area contributed by atoms with Crippen LogP contribution >= 0.6 is 0 Å². The molecule has 5 heteroatoms. The molecule has 0 saturated carbocycles. The van der Waals surface area contributed by atoms with Crippen molar-refractivity contribution in [1.29, 1.82) is 0 Å². The second-order valence-electron chi connectivity index (χ2n) is 4.11. The SMILES string of the molecule is C=C1CC(=O)[N+](CC(=O)O)(C2=CCC=C2)C1=O. The van der Waals surface area contributed by atoms with Gasteiger partial charge in [-0.05, 0) is 18.6 Å². The van der Waals surface area contributed by atoms with Crippen molar-refractivity contribution in [1.82, 2.24) is 0 Å². The van der Waals surface area contributed by atoms with Crippen LogP contribution < -0.4 is 0 Å². The molecule has 1 aliphatic heterocycles. The van der Waals surface area contributed by atoms with Crippen molar-refractivity contribution in [2.75, 3.05) is 6.54 Å². The highest BCUT2D eigenvalue weighted by molar-refractivity contribution is 6.06. The van der Waals surface area contributed by atoms with Crippen LogP contribution in [0.25, 0.3) is 0 Å². The average molecular weight is 234 g/mol. The Labute approximate surface area is 97.9 Å². The quantitative estimate of drug-likeness (QED) is 0.444. The summed E-state index contributed by atoms with van der Waals surface area (Å²) < 4.78 is -0.745. The molecule has 17 heavy (non-hydrogen) atoms. The van der Waals surface area contributed by atoms with Crippen LogP contribution in [0.1, 0.15) is 12.8 Å². The molecular weight excluding hydrogens is 222 g/mol. The summed E-state index contributed by atoms with van der Waals surface area (Å²) in [5.74, 6) is -2.10. The molecule has 88 valence electrons. The molecule has 1 N–H and O–H groups in total. The van der Waals surface area contributed by atoms with E-state index in [-0.39, 0.29) is 12.0 Å². The summed E-state index contributed by atoms with van der Waals surface area (Å²) in [5, 5.41) is 8.92. The maximum atomic E-state index is 12.1. The van der Waals surface area contributed by atoms with E-state index in [9.17, 15) is 14.4 Å². The summed E-state index contributed by atoms with van der Waals surface area (Å²) in [6.07, 6.45) is 5.67. The normalized spacial score (nSPS) is 27.8.